The Morgan fingerprint density at radius 3 is 2.83 bits per heavy atom. The second-order valence-electron chi connectivity index (χ2n) is 6.11. The van der Waals surface area contributed by atoms with E-state index in [-0.39, 0.29) is 11.9 Å². The van der Waals surface area contributed by atoms with Gasteiger partial charge in [0.2, 0.25) is 5.88 Å². The molecule has 0 spiro atoms. The SMILES string of the molecule is O=C(N[C@H]1CN2CCC1CC2)c1ccc(Oc2ccccn2)s1. The van der Waals surface area contributed by atoms with Crippen molar-refractivity contribution >= 4 is 17.2 Å². The van der Waals surface area contributed by atoms with Crippen LogP contribution in [0.25, 0.3) is 0 Å². The van der Waals surface area contributed by atoms with Crippen LogP contribution in [0.15, 0.2) is 36.5 Å². The Kier molecular flexibility index (Phi) is 4.01. The first kappa shape index (κ1) is 14.7. The summed E-state index contributed by atoms with van der Waals surface area (Å²) in [6.45, 7) is 3.34. The number of carbonyl (C=O) groups excluding carboxylic acids is 1. The fraction of sp³-hybridized carbons (Fsp3) is 0.412. The zero-order chi connectivity index (χ0) is 15.6. The number of nitrogens with one attached hydrogen (secondary N) is 1. The van der Waals surface area contributed by atoms with Crippen molar-refractivity contribution in [1.29, 1.82) is 0 Å². The molecule has 3 fully saturated rings. The molecule has 1 atom stereocenters. The van der Waals surface area contributed by atoms with E-state index >= 15 is 0 Å². The second kappa shape index (κ2) is 6.29. The van der Waals surface area contributed by atoms with Crippen LogP contribution in [0.5, 0.6) is 10.9 Å². The van der Waals surface area contributed by atoms with E-state index in [1.54, 1.807) is 12.3 Å². The van der Waals surface area contributed by atoms with Gasteiger partial charge in [0.05, 0.1) is 4.88 Å². The van der Waals surface area contributed by atoms with Crippen molar-refractivity contribution in [3.8, 4) is 10.9 Å². The summed E-state index contributed by atoms with van der Waals surface area (Å²) < 4.78 is 5.67. The number of aromatic nitrogens is 1. The Morgan fingerprint density at radius 2 is 2.13 bits per heavy atom. The number of hydrogen-bond donors (Lipinski definition) is 1. The van der Waals surface area contributed by atoms with Gasteiger partial charge in [0, 0.05) is 24.8 Å². The maximum Gasteiger partial charge on any atom is 0.261 e. The van der Waals surface area contributed by atoms with Crippen LogP contribution in [0.2, 0.25) is 0 Å². The Hall–Kier alpha value is -1.92. The van der Waals surface area contributed by atoms with Gasteiger partial charge in [-0.25, -0.2) is 4.98 Å². The number of carbonyl (C=O) groups is 1. The predicted molar refractivity (Wildman–Crippen MR) is 89.0 cm³/mol. The maximum atomic E-state index is 12.5. The van der Waals surface area contributed by atoms with Crippen molar-refractivity contribution in [3.63, 3.8) is 0 Å². The quantitative estimate of drug-likeness (QED) is 0.937. The highest BCUT2D eigenvalue weighted by atomic mass is 32.1. The van der Waals surface area contributed by atoms with E-state index in [4.69, 9.17) is 4.74 Å². The monoisotopic (exact) mass is 329 g/mol. The first-order valence-corrected chi connectivity index (χ1v) is 8.81. The zero-order valence-electron chi connectivity index (χ0n) is 12.8. The predicted octanol–water partition coefficient (Wildman–Crippen LogP) is 2.76. The molecule has 0 aromatic carbocycles. The van der Waals surface area contributed by atoms with Crippen LogP contribution < -0.4 is 10.1 Å². The fourth-order valence-electron chi connectivity index (χ4n) is 3.38. The molecule has 2 aromatic heterocycles. The summed E-state index contributed by atoms with van der Waals surface area (Å²) in [6.07, 6.45) is 4.08. The summed E-state index contributed by atoms with van der Waals surface area (Å²) in [7, 11) is 0. The molecule has 120 valence electrons. The lowest BCUT2D eigenvalue weighted by molar-refractivity contribution is 0.0622. The lowest BCUT2D eigenvalue weighted by Crippen LogP contribution is -2.57. The highest BCUT2D eigenvalue weighted by molar-refractivity contribution is 7.15. The van der Waals surface area contributed by atoms with Gasteiger partial charge in [-0.15, -0.1) is 0 Å². The van der Waals surface area contributed by atoms with E-state index < -0.39 is 0 Å². The topological polar surface area (TPSA) is 54.5 Å². The average molecular weight is 329 g/mol. The standard InChI is InChI=1S/C17H19N3O2S/c21-17(19-13-11-20-9-6-12(13)7-10-20)14-4-5-16(23-14)22-15-3-1-2-8-18-15/h1-5,8,12-13H,6-7,9-11H2,(H,19,21)/t13-/m0/s1. The van der Waals surface area contributed by atoms with Crippen molar-refractivity contribution in [3.05, 3.63) is 41.4 Å². The van der Waals surface area contributed by atoms with Crippen LogP contribution in [0.4, 0.5) is 0 Å². The molecule has 3 saturated heterocycles. The molecule has 1 amide bonds. The van der Waals surface area contributed by atoms with Crippen molar-refractivity contribution in [1.82, 2.24) is 15.2 Å². The molecule has 0 radical (unpaired) electrons. The van der Waals surface area contributed by atoms with Crippen LogP contribution in [-0.4, -0.2) is 41.5 Å². The molecule has 5 heterocycles. The number of piperidine rings is 3. The molecule has 3 aliphatic rings. The first-order chi connectivity index (χ1) is 11.3. The number of nitrogens with zero attached hydrogens (tertiary/aromatic N) is 2. The van der Waals surface area contributed by atoms with Crippen molar-refractivity contribution in [2.45, 2.75) is 18.9 Å². The van der Waals surface area contributed by atoms with E-state index in [0.29, 0.717) is 21.7 Å². The molecule has 3 aliphatic heterocycles. The van der Waals surface area contributed by atoms with Crippen LogP contribution in [0.3, 0.4) is 0 Å². The van der Waals surface area contributed by atoms with Gasteiger partial charge in [0.25, 0.3) is 5.91 Å². The third-order valence-electron chi connectivity index (χ3n) is 4.62. The lowest BCUT2D eigenvalue weighted by Gasteiger charge is -2.44. The minimum Gasteiger partial charge on any atom is -0.428 e. The van der Waals surface area contributed by atoms with Gasteiger partial charge in [-0.2, -0.15) is 0 Å². The number of hydrogen-bond acceptors (Lipinski definition) is 5. The molecule has 1 N–H and O–H groups in total. The second-order valence-corrected chi connectivity index (χ2v) is 7.15. The van der Waals surface area contributed by atoms with E-state index in [9.17, 15) is 4.79 Å². The Labute approximate surface area is 139 Å². The van der Waals surface area contributed by atoms with Gasteiger partial charge in [-0.05, 0) is 50.0 Å². The molecule has 0 aliphatic carbocycles. The van der Waals surface area contributed by atoms with Crippen molar-refractivity contribution < 1.29 is 9.53 Å². The Bertz CT molecular complexity index is 680. The molecule has 0 saturated carbocycles. The molecular formula is C17H19N3O2S. The molecule has 2 bridgehead atoms. The molecule has 0 unspecified atom stereocenters. The number of rotatable bonds is 4. The van der Waals surface area contributed by atoms with Crippen molar-refractivity contribution in [2.24, 2.45) is 5.92 Å². The third-order valence-corrected chi connectivity index (χ3v) is 5.58. The third kappa shape index (κ3) is 3.23. The van der Waals surface area contributed by atoms with Gasteiger partial charge in [-0.3, -0.25) is 4.79 Å². The highest BCUT2D eigenvalue weighted by Gasteiger charge is 2.35. The molecule has 5 nitrogen and oxygen atoms in total. The maximum absolute atomic E-state index is 12.5. The summed E-state index contributed by atoms with van der Waals surface area (Å²) in [4.78, 5) is 19.7. The largest absolute Gasteiger partial charge is 0.428 e. The van der Waals surface area contributed by atoms with Crippen LogP contribution in [-0.2, 0) is 0 Å². The summed E-state index contributed by atoms with van der Waals surface area (Å²) in [5.41, 5.74) is 0. The fourth-order valence-corrected chi connectivity index (χ4v) is 4.14. The van der Waals surface area contributed by atoms with E-state index in [2.05, 4.69) is 15.2 Å². The average Bonchev–Trinajstić information content (AvgIpc) is 3.05. The number of amides is 1. The molecule has 23 heavy (non-hydrogen) atoms. The van der Waals surface area contributed by atoms with E-state index in [1.165, 1.54) is 37.3 Å². The van der Waals surface area contributed by atoms with Gasteiger partial charge < -0.3 is 15.0 Å². The summed E-state index contributed by atoms with van der Waals surface area (Å²) >= 11 is 1.36. The van der Waals surface area contributed by atoms with Crippen molar-refractivity contribution in [2.75, 3.05) is 19.6 Å². The molecule has 6 heteroatoms. The molecular weight excluding hydrogens is 310 g/mol. The first-order valence-electron chi connectivity index (χ1n) is 8.00. The van der Waals surface area contributed by atoms with E-state index in [0.717, 1.165) is 6.54 Å². The van der Waals surface area contributed by atoms with Crippen LogP contribution >= 0.6 is 11.3 Å². The van der Waals surface area contributed by atoms with Gasteiger partial charge in [0.1, 0.15) is 0 Å². The van der Waals surface area contributed by atoms with Crippen LogP contribution in [0, 0.1) is 5.92 Å². The summed E-state index contributed by atoms with van der Waals surface area (Å²) in [5, 5.41) is 3.89. The summed E-state index contributed by atoms with van der Waals surface area (Å²) in [6, 6.07) is 9.44. The van der Waals surface area contributed by atoms with Gasteiger partial charge in [0.15, 0.2) is 5.06 Å². The number of ether oxygens (including phenoxy) is 1. The highest BCUT2D eigenvalue weighted by Crippen LogP contribution is 2.30. The Balaban J connectivity index is 1.39. The van der Waals surface area contributed by atoms with Gasteiger partial charge >= 0.3 is 0 Å². The minimum absolute atomic E-state index is 0.00428. The van der Waals surface area contributed by atoms with Gasteiger partial charge in [-0.1, -0.05) is 17.4 Å². The van der Waals surface area contributed by atoms with E-state index in [1.807, 2.05) is 24.3 Å². The number of thiophene rings is 1. The summed E-state index contributed by atoms with van der Waals surface area (Å²) in [5.74, 6) is 1.18. The molecule has 2 aromatic rings. The number of pyridine rings is 1. The molecule has 5 rings (SSSR count). The Morgan fingerprint density at radius 1 is 1.26 bits per heavy atom. The minimum atomic E-state index is 0.00428. The number of fused-ring (bicyclic) bond motifs is 3. The zero-order valence-corrected chi connectivity index (χ0v) is 13.6. The lowest BCUT2D eigenvalue weighted by atomic mass is 9.84. The normalized spacial score (nSPS) is 26.0. The smallest absolute Gasteiger partial charge is 0.261 e. The van der Waals surface area contributed by atoms with Crippen LogP contribution in [0.1, 0.15) is 22.5 Å².